The molecule has 0 aliphatic carbocycles. The van der Waals surface area contributed by atoms with Gasteiger partial charge in [0.25, 0.3) is 0 Å². The molecule has 0 saturated heterocycles. The van der Waals surface area contributed by atoms with Crippen LogP contribution < -0.4 is 5.63 Å². The highest BCUT2D eigenvalue weighted by molar-refractivity contribution is 6.30. The number of ketones is 2. The number of carbonyl (C=O) groups excluding carboxylic acids is 2. The lowest BCUT2D eigenvalue weighted by atomic mass is 10.1. The van der Waals surface area contributed by atoms with Crippen LogP contribution in [-0.4, -0.2) is 21.0 Å². The molecule has 6 nitrogen and oxygen atoms in total. The zero-order valence-corrected chi connectivity index (χ0v) is 17.6. The molecule has 0 radical (unpaired) electrons. The van der Waals surface area contributed by atoms with E-state index < -0.39 is 11.4 Å². The number of para-hydroxylation sites is 1. The molecule has 156 valence electrons. The van der Waals surface area contributed by atoms with Crippen LogP contribution in [0.1, 0.15) is 33.3 Å². The standard InChI is InChI=1S/C25H15ClN2O4/c1-14(29)18-11-22(24(30)19-10-16-4-2-3-5-23(16)32-25(19)31)28-13-27-20(12-21(18)28)15-6-8-17(26)9-7-15/h2-13H,1H3. The van der Waals surface area contributed by atoms with Gasteiger partial charge in [-0.05, 0) is 43.3 Å². The van der Waals surface area contributed by atoms with Gasteiger partial charge in [-0.25, -0.2) is 9.78 Å². The quantitative estimate of drug-likeness (QED) is 0.282. The summed E-state index contributed by atoms with van der Waals surface area (Å²) >= 11 is 5.97. The van der Waals surface area contributed by atoms with Crippen LogP contribution in [0.3, 0.4) is 0 Å². The Morgan fingerprint density at radius 1 is 0.969 bits per heavy atom. The monoisotopic (exact) mass is 442 g/mol. The summed E-state index contributed by atoms with van der Waals surface area (Å²) in [7, 11) is 0. The molecule has 3 aromatic heterocycles. The number of benzene rings is 2. The Morgan fingerprint density at radius 3 is 2.47 bits per heavy atom. The SMILES string of the molecule is CC(=O)c1cc(C(=O)c2cc3ccccc3oc2=O)n2cnc(-c3ccc(Cl)cc3)cc12. The fourth-order valence-electron chi connectivity index (χ4n) is 3.69. The molecule has 0 spiro atoms. The number of hydrogen-bond acceptors (Lipinski definition) is 5. The van der Waals surface area contributed by atoms with Crippen molar-refractivity contribution in [3.63, 3.8) is 0 Å². The molecule has 0 N–H and O–H groups in total. The summed E-state index contributed by atoms with van der Waals surface area (Å²) < 4.78 is 6.83. The predicted molar refractivity (Wildman–Crippen MR) is 122 cm³/mol. The van der Waals surface area contributed by atoms with Crippen molar-refractivity contribution in [2.75, 3.05) is 0 Å². The number of rotatable bonds is 4. The van der Waals surface area contributed by atoms with Gasteiger partial charge in [-0.15, -0.1) is 0 Å². The third kappa shape index (κ3) is 3.31. The molecule has 32 heavy (non-hydrogen) atoms. The lowest BCUT2D eigenvalue weighted by molar-refractivity contribution is 0.101. The molecule has 0 fully saturated rings. The van der Waals surface area contributed by atoms with E-state index >= 15 is 0 Å². The molecule has 0 unspecified atom stereocenters. The van der Waals surface area contributed by atoms with Crippen LogP contribution in [0.2, 0.25) is 5.02 Å². The van der Waals surface area contributed by atoms with Gasteiger partial charge in [-0.1, -0.05) is 41.9 Å². The molecule has 0 aliphatic rings. The summed E-state index contributed by atoms with van der Waals surface area (Å²) in [5.41, 5.74) is 2.02. The van der Waals surface area contributed by atoms with Gasteiger partial charge in [0.15, 0.2) is 5.78 Å². The van der Waals surface area contributed by atoms with Crippen LogP contribution >= 0.6 is 11.6 Å². The maximum atomic E-state index is 13.3. The average Bonchev–Trinajstić information content (AvgIpc) is 3.18. The first kappa shape index (κ1) is 19.9. The number of Topliss-reactive ketones (excluding diaryl/α,β-unsaturated/α-hetero) is 1. The second kappa shape index (κ2) is 7.59. The summed E-state index contributed by atoms with van der Waals surface area (Å²) in [6, 6.07) is 18.8. The Balaban J connectivity index is 1.68. The van der Waals surface area contributed by atoms with E-state index in [4.69, 9.17) is 16.0 Å². The number of aromatic nitrogens is 2. The largest absolute Gasteiger partial charge is 0.422 e. The molecule has 0 bridgehead atoms. The van der Waals surface area contributed by atoms with Crippen molar-refractivity contribution in [2.45, 2.75) is 6.92 Å². The van der Waals surface area contributed by atoms with Crippen LogP contribution in [0.25, 0.3) is 27.7 Å². The third-order valence-electron chi connectivity index (χ3n) is 5.30. The first-order valence-electron chi connectivity index (χ1n) is 9.78. The van der Waals surface area contributed by atoms with E-state index in [2.05, 4.69) is 4.98 Å². The summed E-state index contributed by atoms with van der Waals surface area (Å²) in [4.78, 5) is 42.6. The molecule has 3 heterocycles. The number of halogens is 1. The fourth-order valence-corrected chi connectivity index (χ4v) is 3.82. The average molecular weight is 443 g/mol. The second-order valence-corrected chi connectivity index (χ2v) is 7.79. The summed E-state index contributed by atoms with van der Waals surface area (Å²) in [6.45, 7) is 1.43. The zero-order chi connectivity index (χ0) is 22.4. The number of fused-ring (bicyclic) bond motifs is 2. The van der Waals surface area contributed by atoms with E-state index in [9.17, 15) is 14.4 Å². The highest BCUT2D eigenvalue weighted by Crippen LogP contribution is 2.26. The maximum Gasteiger partial charge on any atom is 0.347 e. The molecule has 0 atom stereocenters. The first-order valence-corrected chi connectivity index (χ1v) is 10.2. The Hall–Kier alpha value is -4.03. The molecule has 5 rings (SSSR count). The second-order valence-electron chi connectivity index (χ2n) is 7.35. The number of carbonyl (C=O) groups is 2. The molecule has 7 heteroatoms. The van der Waals surface area contributed by atoms with Gasteiger partial charge < -0.3 is 4.42 Å². The van der Waals surface area contributed by atoms with Crippen LogP contribution in [0.5, 0.6) is 0 Å². The smallest absolute Gasteiger partial charge is 0.347 e. The molecular formula is C25H15ClN2O4. The van der Waals surface area contributed by atoms with E-state index in [1.807, 2.05) is 12.1 Å². The van der Waals surface area contributed by atoms with E-state index in [0.29, 0.717) is 32.8 Å². The molecule has 0 amide bonds. The van der Waals surface area contributed by atoms with Crippen molar-refractivity contribution in [3.8, 4) is 11.3 Å². The van der Waals surface area contributed by atoms with Crippen molar-refractivity contribution in [2.24, 2.45) is 0 Å². The predicted octanol–water partition coefficient (Wildman–Crippen LogP) is 5.19. The minimum Gasteiger partial charge on any atom is -0.422 e. The fraction of sp³-hybridized carbons (Fsp3) is 0.0400. The van der Waals surface area contributed by atoms with Crippen molar-refractivity contribution >= 4 is 39.7 Å². The van der Waals surface area contributed by atoms with Crippen LogP contribution in [0.15, 0.2) is 82.3 Å². The van der Waals surface area contributed by atoms with Crippen LogP contribution in [0, 0.1) is 0 Å². The zero-order valence-electron chi connectivity index (χ0n) is 16.8. The van der Waals surface area contributed by atoms with E-state index in [0.717, 1.165) is 5.56 Å². The van der Waals surface area contributed by atoms with Gasteiger partial charge in [0, 0.05) is 21.5 Å². The Morgan fingerprint density at radius 2 is 1.72 bits per heavy atom. The highest BCUT2D eigenvalue weighted by atomic mass is 35.5. The minimum absolute atomic E-state index is 0.111. The van der Waals surface area contributed by atoms with Crippen molar-refractivity contribution in [1.82, 2.24) is 9.38 Å². The van der Waals surface area contributed by atoms with Crippen molar-refractivity contribution < 1.29 is 14.0 Å². The highest BCUT2D eigenvalue weighted by Gasteiger charge is 2.23. The van der Waals surface area contributed by atoms with Crippen LogP contribution in [-0.2, 0) is 0 Å². The Kier molecular flexibility index (Phi) is 4.72. The third-order valence-corrected chi connectivity index (χ3v) is 5.55. The molecule has 0 saturated carbocycles. The normalized spacial score (nSPS) is 11.2. The van der Waals surface area contributed by atoms with Gasteiger partial charge in [0.2, 0.25) is 5.78 Å². The maximum absolute atomic E-state index is 13.3. The van der Waals surface area contributed by atoms with Gasteiger partial charge in [-0.3, -0.25) is 14.0 Å². The number of hydrogen-bond donors (Lipinski definition) is 0. The molecule has 5 aromatic rings. The van der Waals surface area contributed by atoms with E-state index in [-0.39, 0.29) is 17.0 Å². The van der Waals surface area contributed by atoms with Gasteiger partial charge in [0.1, 0.15) is 17.5 Å². The van der Waals surface area contributed by atoms with Gasteiger partial charge in [-0.2, -0.15) is 0 Å². The molecular weight excluding hydrogens is 428 g/mol. The lowest BCUT2D eigenvalue weighted by Gasteiger charge is -2.06. The van der Waals surface area contributed by atoms with Crippen molar-refractivity contribution in [3.05, 3.63) is 105 Å². The van der Waals surface area contributed by atoms with E-state index in [1.54, 1.807) is 42.5 Å². The summed E-state index contributed by atoms with van der Waals surface area (Å²) in [5, 5.41) is 1.23. The molecule has 0 aliphatic heterocycles. The Bertz CT molecular complexity index is 1600. The van der Waals surface area contributed by atoms with Gasteiger partial charge in [0.05, 0.1) is 16.9 Å². The number of nitrogens with zero attached hydrogens (tertiary/aromatic N) is 2. The lowest BCUT2D eigenvalue weighted by Crippen LogP contribution is -2.16. The van der Waals surface area contributed by atoms with Gasteiger partial charge >= 0.3 is 5.63 Å². The van der Waals surface area contributed by atoms with Crippen LogP contribution in [0.4, 0.5) is 0 Å². The minimum atomic E-state index is -0.737. The molecule has 2 aromatic carbocycles. The summed E-state index contributed by atoms with van der Waals surface area (Å²) in [6.07, 6.45) is 1.47. The first-order chi connectivity index (χ1) is 15.4. The van der Waals surface area contributed by atoms with Crippen molar-refractivity contribution in [1.29, 1.82) is 0 Å². The Labute approximate surface area is 186 Å². The van der Waals surface area contributed by atoms with E-state index in [1.165, 1.54) is 29.8 Å². The summed E-state index contributed by atoms with van der Waals surface area (Å²) in [5.74, 6) is -0.756. The topological polar surface area (TPSA) is 81.6 Å².